The SMILES string of the molecule is C[C@H](NS(=O)(=O)c1ccc(C(=O)/C=C/c2ccccc2Cl)cc1)C(=O)O. The summed E-state index contributed by atoms with van der Waals surface area (Å²) in [4.78, 5) is 22.8. The van der Waals surface area contributed by atoms with Gasteiger partial charge in [0.05, 0.1) is 4.90 Å². The van der Waals surface area contributed by atoms with Crippen LogP contribution in [0.3, 0.4) is 0 Å². The Bertz CT molecular complexity index is 952. The predicted octanol–water partition coefficient (Wildman–Crippen LogP) is 2.99. The van der Waals surface area contributed by atoms with Gasteiger partial charge in [-0.3, -0.25) is 9.59 Å². The molecule has 0 saturated carbocycles. The van der Waals surface area contributed by atoms with E-state index in [0.29, 0.717) is 16.1 Å². The molecule has 136 valence electrons. The number of carbonyl (C=O) groups excluding carboxylic acids is 1. The Morgan fingerprint density at radius 1 is 1.12 bits per heavy atom. The van der Waals surface area contributed by atoms with E-state index >= 15 is 0 Å². The number of ketones is 1. The maximum Gasteiger partial charge on any atom is 0.321 e. The van der Waals surface area contributed by atoms with Crippen molar-refractivity contribution in [2.24, 2.45) is 0 Å². The second-order valence-corrected chi connectivity index (χ2v) is 7.55. The van der Waals surface area contributed by atoms with Crippen LogP contribution >= 0.6 is 11.6 Å². The number of nitrogens with one attached hydrogen (secondary N) is 1. The quantitative estimate of drug-likeness (QED) is 0.556. The first-order chi connectivity index (χ1) is 12.2. The van der Waals surface area contributed by atoms with Crippen LogP contribution in [0.2, 0.25) is 5.02 Å². The van der Waals surface area contributed by atoms with Crippen molar-refractivity contribution >= 4 is 39.5 Å². The van der Waals surface area contributed by atoms with Gasteiger partial charge >= 0.3 is 5.97 Å². The summed E-state index contributed by atoms with van der Waals surface area (Å²) < 4.78 is 26.2. The van der Waals surface area contributed by atoms with Gasteiger partial charge in [0.2, 0.25) is 10.0 Å². The van der Waals surface area contributed by atoms with Crippen molar-refractivity contribution in [2.75, 3.05) is 0 Å². The molecule has 0 spiro atoms. The second kappa shape index (κ2) is 8.27. The lowest BCUT2D eigenvalue weighted by Crippen LogP contribution is -2.38. The molecule has 0 aliphatic carbocycles. The Morgan fingerprint density at radius 3 is 2.31 bits per heavy atom. The number of halogens is 1. The lowest BCUT2D eigenvalue weighted by atomic mass is 10.1. The topological polar surface area (TPSA) is 101 Å². The van der Waals surface area contributed by atoms with Gasteiger partial charge in [0.1, 0.15) is 6.04 Å². The van der Waals surface area contributed by atoms with Crippen LogP contribution in [0.15, 0.2) is 59.5 Å². The van der Waals surface area contributed by atoms with Crippen LogP contribution in [0.4, 0.5) is 0 Å². The molecule has 0 aromatic heterocycles. The number of sulfonamides is 1. The Hall–Kier alpha value is -2.48. The van der Waals surface area contributed by atoms with E-state index in [1.54, 1.807) is 30.3 Å². The molecule has 2 aromatic rings. The number of hydrogen-bond donors (Lipinski definition) is 2. The molecule has 2 aromatic carbocycles. The molecule has 0 unspecified atom stereocenters. The number of benzene rings is 2. The first-order valence-electron chi connectivity index (χ1n) is 7.53. The highest BCUT2D eigenvalue weighted by Crippen LogP contribution is 2.17. The summed E-state index contributed by atoms with van der Waals surface area (Å²) in [7, 11) is -3.99. The summed E-state index contributed by atoms with van der Waals surface area (Å²) in [6.45, 7) is 1.22. The standard InChI is InChI=1S/C18H16ClNO5S/c1-12(18(22)23)20-26(24,25)15-9-6-14(7-10-15)17(21)11-8-13-4-2-3-5-16(13)19/h2-12,20H,1H3,(H,22,23)/b11-8+/t12-/m0/s1. The third-order valence-corrected chi connectivity index (χ3v) is 5.37. The van der Waals surface area contributed by atoms with Crippen molar-refractivity contribution in [3.8, 4) is 0 Å². The van der Waals surface area contributed by atoms with E-state index in [2.05, 4.69) is 0 Å². The van der Waals surface area contributed by atoms with Gasteiger partial charge in [-0.1, -0.05) is 29.8 Å². The zero-order chi connectivity index (χ0) is 19.3. The number of carboxylic acid groups (broad SMARTS) is 1. The normalized spacial score (nSPS) is 12.8. The number of rotatable bonds is 7. The van der Waals surface area contributed by atoms with Crippen LogP contribution in [-0.4, -0.2) is 31.3 Å². The third kappa shape index (κ3) is 5.01. The van der Waals surface area contributed by atoms with Crippen molar-refractivity contribution in [2.45, 2.75) is 17.9 Å². The Labute approximate surface area is 156 Å². The van der Waals surface area contributed by atoms with E-state index in [4.69, 9.17) is 16.7 Å². The molecule has 0 bridgehead atoms. The molecule has 1 atom stereocenters. The fourth-order valence-corrected chi connectivity index (χ4v) is 3.42. The monoisotopic (exact) mass is 393 g/mol. The van der Waals surface area contributed by atoms with Gasteiger partial charge in [-0.2, -0.15) is 4.72 Å². The molecule has 0 saturated heterocycles. The van der Waals surface area contributed by atoms with E-state index in [9.17, 15) is 18.0 Å². The summed E-state index contributed by atoms with van der Waals surface area (Å²) in [5.41, 5.74) is 0.979. The van der Waals surface area contributed by atoms with Crippen LogP contribution in [0.1, 0.15) is 22.8 Å². The van der Waals surface area contributed by atoms with Crippen molar-refractivity contribution in [1.29, 1.82) is 0 Å². The van der Waals surface area contributed by atoms with Gasteiger partial charge in [-0.05, 0) is 55.0 Å². The fourth-order valence-electron chi connectivity index (χ4n) is 2.02. The van der Waals surface area contributed by atoms with Crippen LogP contribution in [0.25, 0.3) is 6.08 Å². The van der Waals surface area contributed by atoms with Gasteiger partial charge in [-0.15, -0.1) is 0 Å². The molecule has 0 aliphatic heterocycles. The van der Waals surface area contributed by atoms with Crippen molar-refractivity contribution in [1.82, 2.24) is 4.72 Å². The number of hydrogen-bond acceptors (Lipinski definition) is 4. The Kier molecular flexibility index (Phi) is 6.31. The summed E-state index contributed by atoms with van der Waals surface area (Å²) in [5.74, 6) is -1.61. The van der Waals surface area contributed by atoms with Crippen molar-refractivity contribution in [3.05, 3.63) is 70.8 Å². The molecule has 6 nitrogen and oxygen atoms in total. The smallest absolute Gasteiger partial charge is 0.321 e. The Balaban J connectivity index is 2.15. The van der Waals surface area contributed by atoms with Gasteiger partial charge < -0.3 is 5.11 Å². The average molecular weight is 394 g/mol. The molecule has 2 rings (SSSR count). The Morgan fingerprint density at radius 2 is 1.73 bits per heavy atom. The van der Waals surface area contributed by atoms with E-state index in [1.165, 1.54) is 37.3 Å². The molecular formula is C18H16ClNO5S. The van der Waals surface area contributed by atoms with Gasteiger partial charge in [0.15, 0.2) is 5.78 Å². The molecule has 8 heteroatoms. The zero-order valence-electron chi connectivity index (χ0n) is 13.7. The maximum absolute atomic E-state index is 12.2. The predicted molar refractivity (Wildman–Crippen MR) is 98.7 cm³/mol. The van der Waals surface area contributed by atoms with Gasteiger partial charge in [0, 0.05) is 10.6 Å². The van der Waals surface area contributed by atoms with E-state index in [0.717, 1.165) is 0 Å². The second-order valence-electron chi connectivity index (χ2n) is 5.42. The number of carbonyl (C=O) groups is 2. The molecule has 0 aliphatic rings. The lowest BCUT2D eigenvalue weighted by molar-refractivity contribution is -0.138. The summed E-state index contributed by atoms with van der Waals surface area (Å²) in [6.07, 6.45) is 2.92. The minimum absolute atomic E-state index is 0.128. The highest BCUT2D eigenvalue weighted by Gasteiger charge is 2.21. The van der Waals surface area contributed by atoms with E-state index in [1.807, 2.05) is 4.72 Å². The van der Waals surface area contributed by atoms with Crippen LogP contribution < -0.4 is 4.72 Å². The number of carboxylic acids is 1. The molecule has 26 heavy (non-hydrogen) atoms. The third-order valence-electron chi connectivity index (χ3n) is 3.47. The largest absolute Gasteiger partial charge is 0.480 e. The molecule has 0 amide bonds. The molecular weight excluding hydrogens is 378 g/mol. The molecule has 2 N–H and O–H groups in total. The fraction of sp³-hybridized carbons (Fsp3) is 0.111. The average Bonchev–Trinajstić information content (AvgIpc) is 2.60. The zero-order valence-corrected chi connectivity index (χ0v) is 15.3. The summed E-state index contributed by atoms with van der Waals surface area (Å²) in [5, 5.41) is 9.30. The van der Waals surface area contributed by atoms with Crippen molar-refractivity contribution in [3.63, 3.8) is 0 Å². The van der Waals surface area contributed by atoms with Crippen LogP contribution in [0.5, 0.6) is 0 Å². The first kappa shape index (κ1) is 19.8. The van der Waals surface area contributed by atoms with Gasteiger partial charge in [-0.25, -0.2) is 8.42 Å². The summed E-state index contributed by atoms with van der Waals surface area (Å²) in [6, 6.07) is 11.0. The highest BCUT2D eigenvalue weighted by atomic mass is 35.5. The lowest BCUT2D eigenvalue weighted by Gasteiger charge is -2.10. The highest BCUT2D eigenvalue weighted by molar-refractivity contribution is 7.89. The van der Waals surface area contributed by atoms with E-state index in [-0.39, 0.29) is 10.7 Å². The van der Waals surface area contributed by atoms with Crippen LogP contribution in [0, 0.1) is 0 Å². The molecule has 0 fully saturated rings. The maximum atomic E-state index is 12.2. The first-order valence-corrected chi connectivity index (χ1v) is 9.39. The number of aliphatic carboxylic acids is 1. The van der Waals surface area contributed by atoms with Crippen molar-refractivity contribution < 1.29 is 23.1 Å². The van der Waals surface area contributed by atoms with Crippen LogP contribution in [-0.2, 0) is 14.8 Å². The summed E-state index contributed by atoms with van der Waals surface area (Å²) >= 11 is 6.01. The molecule has 0 heterocycles. The minimum atomic E-state index is -3.99. The number of allylic oxidation sites excluding steroid dienone is 1. The van der Waals surface area contributed by atoms with Gasteiger partial charge in [0.25, 0.3) is 0 Å². The minimum Gasteiger partial charge on any atom is -0.480 e. The van der Waals surface area contributed by atoms with E-state index < -0.39 is 22.0 Å². The molecule has 0 radical (unpaired) electrons.